The number of β-amino-alcohol motifs (C(OH)–C–C–N with tert-alkyl or cyclic N) is 1. The minimum absolute atomic E-state index is 0.289. The van der Waals surface area contributed by atoms with Gasteiger partial charge in [-0.1, -0.05) is 0 Å². The predicted molar refractivity (Wildman–Crippen MR) is 81.2 cm³/mol. The second-order valence-electron chi connectivity index (χ2n) is 5.84. The second kappa shape index (κ2) is 5.57. The van der Waals surface area contributed by atoms with Crippen molar-refractivity contribution in [3.63, 3.8) is 0 Å². The standard InChI is InChI=1S/C14H22N6O/c1-10-7-20(5-4-19(10)8-11(2)21)14-12-6-17-18(3)13(12)15-9-16-14/h6,9-11,21H,4-5,7-8H2,1-3H3. The number of anilines is 1. The van der Waals surface area contributed by atoms with Crippen molar-refractivity contribution in [1.29, 1.82) is 0 Å². The van der Waals surface area contributed by atoms with Crippen LogP contribution in [0.1, 0.15) is 13.8 Å². The summed E-state index contributed by atoms with van der Waals surface area (Å²) in [6.07, 6.45) is 3.15. The van der Waals surface area contributed by atoms with Gasteiger partial charge in [0.1, 0.15) is 12.1 Å². The van der Waals surface area contributed by atoms with Crippen molar-refractivity contribution in [3.05, 3.63) is 12.5 Å². The van der Waals surface area contributed by atoms with Crippen LogP contribution in [0, 0.1) is 0 Å². The third kappa shape index (κ3) is 2.71. The van der Waals surface area contributed by atoms with Gasteiger partial charge in [0.05, 0.1) is 17.7 Å². The van der Waals surface area contributed by atoms with Crippen molar-refractivity contribution in [1.82, 2.24) is 24.6 Å². The van der Waals surface area contributed by atoms with Crippen LogP contribution in [-0.4, -0.2) is 68.1 Å². The minimum atomic E-state index is -0.289. The van der Waals surface area contributed by atoms with Gasteiger partial charge in [0, 0.05) is 39.3 Å². The summed E-state index contributed by atoms with van der Waals surface area (Å²) in [6, 6.07) is 0.384. The molecule has 2 aromatic heterocycles. The first kappa shape index (κ1) is 14.2. The molecule has 0 spiro atoms. The van der Waals surface area contributed by atoms with E-state index >= 15 is 0 Å². The second-order valence-corrected chi connectivity index (χ2v) is 5.84. The normalized spacial score (nSPS) is 21.9. The number of rotatable bonds is 3. The molecule has 0 radical (unpaired) electrons. The van der Waals surface area contributed by atoms with Gasteiger partial charge in [-0.25, -0.2) is 9.97 Å². The molecular formula is C14H22N6O. The Morgan fingerprint density at radius 3 is 2.90 bits per heavy atom. The molecule has 7 nitrogen and oxygen atoms in total. The van der Waals surface area contributed by atoms with Crippen LogP contribution in [0.3, 0.4) is 0 Å². The minimum Gasteiger partial charge on any atom is -0.392 e. The molecule has 3 heterocycles. The quantitative estimate of drug-likeness (QED) is 0.874. The zero-order valence-electron chi connectivity index (χ0n) is 12.8. The fourth-order valence-corrected chi connectivity index (χ4v) is 3.00. The summed E-state index contributed by atoms with van der Waals surface area (Å²) in [5.41, 5.74) is 0.860. The van der Waals surface area contributed by atoms with Gasteiger partial charge in [-0.3, -0.25) is 9.58 Å². The lowest BCUT2D eigenvalue weighted by molar-refractivity contribution is 0.0959. The van der Waals surface area contributed by atoms with E-state index < -0.39 is 0 Å². The van der Waals surface area contributed by atoms with E-state index in [-0.39, 0.29) is 6.10 Å². The van der Waals surface area contributed by atoms with Crippen LogP contribution < -0.4 is 4.90 Å². The molecule has 0 saturated carbocycles. The maximum absolute atomic E-state index is 9.56. The van der Waals surface area contributed by atoms with Gasteiger partial charge in [0.15, 0.2) is 5.65 Å². The summed E-state index contributed by atoms with van der Waals surface area (Å²) >= 11 is 0. The fraction of sp³-hybridized carbons (Fsp3) is 0.643. The van der Waals surface area contributed by atoms with E-state index in [9.17, 15) is 5.11 Å². The Hall–Kier alpha value is -1.73. The predicted octanol–water partition coefficient (Wildman–Crippen LogP) is 0.255. The highest BCUT2D eigenvalue weighted by atomic mass is 16.3. The molecule has 2 unspecified atom stereocenters. The molecule has 1 fully saturated rings. The Morgan fingerprint density at radius 2 is 2.19 bits per heavy atom. The number of nitrogens with zero attached hydrogens (tertiary/aromatic N) is 6. The van der Waals surface area contributed by atoms with Gasteiger partial charge in [0.25, 0.3) is 0 Å². The summed E-state index contributed by atoms with van der Waals surface area (Å²) in [6.45, 7) is 7.48. The lowest BCUT2D eigenvalue weighted by Crippen LogP contribution is -2.53. The summed E-state index contributed by atoms with van der Waals surface area (Å²) in [5, 5.41) is 14.8. The van der Waals surface area contributed by atoms with Crippen molar-refractivity contribution >= 4 is 16.9 Å². The largest absolute Gasteiger partial charge is 0.392 e. The highest BCUT2D eigenvalue weighted by Gasteiger charge is 2.26. The number of aryl methyl sites for hydroxylation is 1. The monoisotopic (exact) mass is 290 g/mol. The average Bonchev–Trinajstić information content (AvgIpc) is 2.83. The number of hydrogen-bond donors (Lipinski definition) is 1. The SMILES string of the molecule is CC(O)CN1CCN(c2ncnc3c2cnn3C)CC1C. The van der Waals surface area contributed by atoms with Crippen molar-refractivity contribution < 1.29 is 5.11 Å². The molecule has 0 aliphatic carbocycles. The van der Waals surface area contributed by atoms with Crippen LogP contribution in [0.5, 0.6) is 0 Å². The maximum Gasteiger partial charge on any atom is 0.163 e. The Labute approximate surface area is 124 Å². The van der Waals surface area contributed by atoms with E-state index in [4.69, 9.17) is 0 Å². The third-order valence-electron chi connectivity index (χ3n) is 4.07. The molecular weight excluding hydrogens is 268 g/mol. The number of fused-ring (bicyclic) bond motifs is 1. The molecule has 0 amide bonds. The van der Waals surface area contributed by atoms with Crippen molar-refractivity contribution in [3.8, 4) is 0 Å². The summed E-state index contributed by atoms with van der Waals surface area (Å²) in [4.78, 5) is 13.4. The van der Waals surface area contributed by atoms with Crippen molar-refractivity contribution in [2.24, 2.45) is 7.05 Å². The topological polar surface area (TPSA) is 70.3 Å². The average molecular weight is 290 g/mol. The molecule has 7 heteroatoms. The Balaban J connectivity index is 1.82. The number of aromatic nitrogens is 4. The summed E-state index contributed by atoms with van der Waals surface area (Å²) in [5.74, 6) is 0.955. The van der Waals surface area contributed by atoms with E-state index in [1.807, 2.05) is 20.2 Å². The molecule has 21 heavy (non-hydrogen) atoms. The van der Waals surface area contributed by atoms with E-state index in [2.05, 4.69) is 31.8 Å². The lowest BCUT2D eigenvalue weighted by atomic mass is 10.1. The van der Waals surface area contributed by atoms with Crippen LogP contribution in [0.4, 0.5) is 5.82 Å². The lowest BCUT2D eigenvalue weighted by Gasteiger charge is -2.41. The molecule has 1 N–H and O–H groups in total. The first-order valence-electron chi connectivity index (χ1n) is 7.36. The zero-order chi connectivity index (χ0) is 15.0. The van der Waals surface area contributed by atoms with E-state index in [0.717, 1.165) is 43.0 Å². The third-order valence-corrected chi connectivity index (χ3v) is 4.07. The molecule has 0 bridgehead atoms. The number of aliphatic hydroxyl groups is 1. The zero-order valence-corrected chi connectivity index (χ0v) is 12.8. The highest BCUT2D eigenvalue weighted by Crippen LogP contribution is 2.24. The molecule has 0 aromatic carbocycles. The van der Waals surface area contributed by atoms with Crippen LogP contribution in [0.15, 0.2) is 12.5 Å². The van der Waals surface area contributed by atoms with Crippen molar-refractivity contribution in [2.45, 2.75) is 26.0 Å². The molecule has 1 aliphatic rings. The van der Waals surface area contributed by atoms with Crippen LogP contribution in [0.25, 0.3) is 11.0 Å². The van der Waals surface area contributed by atoms with Gasteiger partial charge in [-0.2, -0.15) is 5.10 Å². The van der Waals surface area contributed by atoms with Gasteiger partial charge in [-0.15, -0.1) is 0 Å². The fourth-order valence-electron chi connectivity index (χ4n) is 3.00. The van der Waals surface area contributed by atoms with E-state index in [1.54, 1.807) is 11.0 Å². The number of hydrogen-bond acceptors (Lipinski definition) is 6. The smallest absolute Gasteiger partial charge is 0.163 e. The molecule has 2 aromatic rings. The van der Waals surface area contributed by atoms with Gasteiger partial charge in [-0.05, 0) is 13.8 Å². The molecule has 1 saturated heterocycles. The Kier molecular flexibility index (Phi) is 3.77. The molecule has 3 rings (SSSR count). The Morgan fingerprint density at radius 1 is 1.38 bits per heavy atom. The van der Waals surface area contributed by atoms with Crippen LogP contribution in [-0.2, 0) is 7.05 Å². The summed E-state index contributed by atoms with van der Waals surface area (Å²) in [7, 11) is 1.89. The van der Waals surface area contributed by atoms with E-state index in [0.29, 0.717) is 6.04 Å². The maximum atomic E-state index is 9.56. The number of aliphatic hydroxyl groups excluding tert-OH is 1. The van der Waals surface area contributed by atoms with Crippen molar-refractivity contribution in [2.75, 3.05) is 31.1 Å². The summed E-state index contributed by atoms with van der Waals surface area (Å²) < 4.78 is 1.77. The molecule has 1 aliphatic heterocycles. The number of piperazine rings is 1. The molecule has 2 atom stereocenters. The first-order chi connectivity index (χ1) is 10.1. The highest BCUT2D eigenvalue weighted by molar-refractivity contribution is 5.86. The van der Waals surface area contributed by atoms with Gasteiger partial charge >= 0.3 is 0 Å². The van der Waals surface area contributed by atoms with Gasteiger partial charge in [0.2, 0.25) is 0 Å². The first-order valence-corrected chi connectivity index (χ1v) is 7.36. The van der Waals surface area contributed by atoms with Crippen LogP contribution in [0.2, 0.25) is 0 Å². The van der Waals surface area contributed by atoms with Crippen LogP contribution >= 0.6 is 0 Å². The Bertz CT molecular complexity index is 625. The van der Waals surface area contributed by atoms with Gasteiger partial charge < -0.3 is 10.0 Å². The van der Waals surface area contributed by atoms with E-state index in [1.165, 1.54) is 0 Å². The molecule has 114 valence electrons.